The van der Waals surface area contributed by atoms with Crippen molar-refractivity contribution in [2.24, 2.45) is 11.8 Å². The maximum atomic E-state index is 12.8. The number of pyridine rings is 1. The van der Waals surface area contributed by atoms with Crippen LogP contribution in [-0.2, 0) is 6.42 Å². The fraction of sp³-hybridized carbons (Fsp3) is 0.421. The number of rotatable bonds is 3. The van der Waals surface area contributed by atoms with Gasteiger partial charge in [0, 0.05) is 61.3 Å². The number of hydrogen-bond acceptors (Lipinski definition) is 6. The van der Waals surface area contributed by atoms with Crippen molar-refractivity contribution < 1.29 is 4.79 Å². The molecule has 0 radical (unpaired) electrons. The predicted molar refractivity (Wildman–Crippen MR) is 107 cm³/mol. The van der Waals surface area contributed by atoms with Crippen molar-refractivity contribution in [3.05, 3.63) is 46.5 Å². The Morgan fingerprint density at radius 3 is 2.64 bits per heavy atom. The number of nitrogens with zero attached hydrogens (tertiary/aromatic N) is 7. The van der Waals surface area contributed by atoms with Crippen LogP contribution in [-0.4, -0.2) is 61.8 Å². The van der Waals surface area contributed by atoms with Crippen LogP contribution in [0.4, 0.5) is 5.82 Å². The molecule has 0 N–H and O–H groups in total. The van der Waals surface area contributed by atoms with Gasteiger partial charge in [0.05, 0.1) is 5.56 Å². The number of carbonyl (C=O) groups is 1. The minimum Gasteiger partial charge on any atom is -0.354 e. The van der Waals surface area contributed by atoms with Crippen molar-refractivity contribution in [3.8, 4) is 0 Å². The zero-order chi connectivity index (χ0) is 19.3. The number of fused-ring (bicyclic) bond motifs is 2. The van der Waals surface area contributed by atoms with E-state index in [1.54, 1.807) is 12.4 Å². The van der Waals surface area contributed by atoms with Gasteiger partial charge in [0.2, 0.25) is 0 Å². The molecule has 0 aromatic carbocycles. The number of hydrogen-bond donors (Lipinski definition) is 0. The monoisotopic (exact) mass is 441 g/mol. The van der Waals surface area contributed by atoms with Crippen LogP contribution in [0.5, 0.6) is 0 Å². The highest BCUT2D eigenvalue weighted by atomic mass is 79.9. The zero-order valence-electron chi connectivity index (χ0n) is 15.5. The first-order chi connectivity index (χ1) is 13.6. The van der Waals surface area contributed by atoms with Crippen molar-refractivity contribution in [2.75, 3.05) is 31.1 Å². The smallest absolute Gasteiger partial charge is 0.255 e. The second-order valence-corrected chi connectivity index (χ2v) is 8.37. The molecule has 3 aromatic rings. The normalized spacial score (nSPS) is 21.5. The first-order valence-corrected chi connectivity index (χ1v) is 10.3. The van der Waals surface area contributed by atoms with E-state index in [0.717, 1.165) is 54.4 Å². The molecule has 2 saturated heterocycles. The highest BCUT2D eigenvalue weighted by Gasteiger charge is 2.42. The van der Waals surface area contributed by atoms with Crippen molar-refractivity contribution in [2.45, 2.75) is 13.3 Å². The summed E-state index contributed by atoms with van der Waals surface area (Å²) in [6.07, 6.45) is 4.12. The van der Waals surface area contributed by atoms with Crippen LogP contribution in [0.3, 0.4) is 0 Å². The predicted octanol–water partition coefficient (Wildman–Crippen LogP) is 2.05. The van der Waals surface area contributed by atoms with Crippen LogP contribution in [0.1, 0.15) is 23.1 Å². The van der Waals surface area contributed by atoms with Crippen molar-refractivity contribution >= 4 is 33.3 Å². The quantitative estimate of drug-likeness (QED) is 0.618. The van der Waals surface area contributed by atoms with E-state index in [0.29, 0.717) is 17.4 Å². The molecule has 144 valence electrons. The minimum absolute atomic E-state index is 0.0615. The zero-order valence-corrected chi connectivity index (χ0v) is 17.1. The number of carbonyl (C=O) groups excluding carboxylic acids is 1. The lowest BCUT2D eigenvalue weighted by Gasteiger charge is -2.22. The van der Waals surface area contributed by atoms with Gasteiger partial charge < -0.3 is 9.80 Å². The summed E-state index contributed by atoms with van der Waals surface area (Å²) in [4.78, 5) is 21.2. The molecule has 0 aliphatic carbocycles. The van der Waals surface area contributed by atoms with E-state index in [1.165, 1.54) is 0 Å². The molecule has 0 saturated carbocycles. The Hall–Kier alpha value is -2.55. The molecule has 2 unspecified atom stereocenters. The molecule has 8 nitrogen and oxygen atoms in total. The number of aryl methyl sites for hydroxylation is 1. The molecule has 28 heavy (non-hydrogen) atoms. The van der Waals surface area contributed by atoms with Gasteiger partial charge in [0.25, 0.3) is 5.91 Å². The largest absolute Gasteiger partial charge is 0.354 e. The van der Waals surface area contributed by atoms with E-state index in [4.69, 9.17) is 5.10 Å². The first kappa shape index (κ1) is 17.5. The van der Waals surface area contributed by atoms with Gasteiger partial charge in [-0.05, 0) is 34.1 Å². The lowest BCUT2D eigenvalue weighted by Crippen LogP contribution is -2.33. The Kier molecular flexibility index (Phi) is 4.26. The molecular weight excluding hydrogens is 422 g/mol. The van der Waals surface area contributed by atoms with E-state index < -0.39 is 0 Å². The van der Waals surface area contributed by atoms with Crippen molar-refractivity contribution in [3.63, 3.8) is 0 Å². The summed E-state index contributed by atoms with van der Waals surface area (Å²) in [5.74, 6) is 2.81. The average molecular weight is 442 g/mol. The summed E-state index contributed by atoms with van der Waals surface area (Å²) in [6.45, 7) is 5.43. The molecule has 5 rings (SSSR count). The summed E-state index contributed by atoms with van der Waals surface area (Å²) in [5.41, 5.74) is 1.41. The van der Waals surface area contributed by atoms with Gasteiger partial charge in [-0.15, -0.1) is 15.3 Å². The standard InChI is InChI=1S/C19H20BrN7O/c1-2-16-22-23-17-3-4-18(24-27(16)17)25-8-13-10-26(11-14(13)9-25)19(28)12-5-15(20)7-21-6-12/h3-7,13-14H,2,8-11H2,1H3. The van der Waals surface area contributed by atoms with E-state index >= 15 is 0 Å². The lowest BCUT2D eigenvalue weighted by molar-refractivity contribution is 0.0782. The molecule has 9 heteroatoms. The third kappa shape index (κ3) is 2.94. The minimum atomic E-state index is 0.0615. The second-order valence-electron chi connectivity index (χ2n) is 7.46. The van der Waals surface area contributed by atoms with E-state index in [2.05, 4.69) is 42.9 Å². The topological polar surface area (TPSA) is 79.5 Å². The van der Waals surface area contributed by atoms with E-state index in [1.807, 2.05) is 27.6 Å². The van der Waals surface area contributed by atoms with Gasteiger partial charge in [-0.3, -0.25) is 9.78 Å². The summed E-state index contributed by atoms with van der Waals surface area (Å²) in [7, 11) is 0. The molecular formula is C19H20BrN7O. The first-order valence-electron chi connectivity index (χ1n) is 9.48. The number of anilines is 1. The van der Waals surface area contributed by atoms with Crippen LogP contribution in [0.2, 0.25) is 0 Å². The van der Waals surface area contributed by atoms with E-state index in [9.17, 15) is 4.79 Å². The molecule has 0 bridgehead atoms. The summed E-state index contributed by atoms with van der Waals surface area (Å²) in [5, 5.41) is 13.1. The molecule has 2 atom stereocenters. The van der Waals surface area contributed by atoms with Crippen LogP contribution in [0, 0.1) is 11.8 Å². The highest BCUT2D eigenvalue weighted by molar-refractivity contribution is 9.10. The Balaban J connectivity index is 1.30. The SMILES string of the molecule is CCc1nnc2ccc(N3CC4CN(C(=O)c5cncc(Br)c5)CC4C3)nn12. The molecule has 1 amide bonds. The van der Waals surface area contributed by atoms with Gasteiger partial charge in [0.1, 0.15) is 5.82 Å². The lowest BCUT2D eigenvalue weighted by atomic mass is 10.0. The van der Waals surface area contributed by atoms with Crippen LogP contribution < -0.4 is 4.90 Å². The number of amides is 1. The highest BCUT2D eigenvalue weighted by Crippen LogP contribution is 2.34. The Bertz CT molecular complexity index is 1040. The molecule has 3 aromatic heterocycles. The molecule has 0 spiro atoms. The van der Waals surface area contributed by atoms with Crippen LogP contribution >= 0.6 is 15.9 Å². The van der Waals surface area contributed by atoms with Gasteiger partial charge in [-0.1, -0.05) is 6.92 Å². The van der Waals surface area contributed by atoms with E-state index in [-0.39, 0.29) is 5.91 Å². The summed E-state index contributed by atoms with van der Waals surface area (Å²) < 4.78 is 2.66. The van der Waals surface area contributed by atoms with Gasteiger partial charge in [0.15, 0.2) is 11.5 Å². The molecule has 2 aliphatic heterocycles. The Morgan fingerprint density at radius 2 is 1.93 bits per heavy atom. The van der Waals surface area contributed by atoms with Crippen LogP contribution in [0.25, 0.3) is 5.65 Å². The number of halogens is 1. The maximum Gasteiger partial charge on any atom is 0.255 e. The fourth-order valence-electron chi connectivity index (χ4n) is 4.27. The fourth-order valence-corrected chi connectivity index (χ4v) is 4.64. The number of likely N-dealkylation sites (tertiary alicyclic amines) is 1. The third-order valence-corrected chi connectivity index (χ3v) is 6.11. The average Bonchev–Trinajstić information content (AvgIpc) is 3.39. The third-order valence-electron chi connectivity index (χ3n) is 5.68. The second kappa shape index (κ2) is 6.80. The Morgan fingerprint density at radius 1 is 1.14 bits per heavy atom. The Labute approximate surface area is 170 Å². The summed E-state index contributed by atoms with van der Waals surface area (Å²) >= 11 is 3.39. The van der Waals surface area contributed by atoms with Crippen molar-refractivity contribution in [1.29, 1.82) is 0 Å². The van der Waals surface area contributed by atoms with Gasteiger partial charge in [-0.25, -0.2) is 0 Å². The molecule has 2 aliphatic rings. The molecule has 2 fully saturated rings. The number of aromatic nitrogens is 5. The molecule has 5 heterocycles. The van der Waals surface area contributed by atoms with Gasteiger partial charge >= 0.3 is 0 Å². The van der Waals surface area contributed by atoms with Crippen molar-refractivity contribution in [1.82, 2.24) is 29.7 Å². The summed E-state index contributed by atoms with van der Waals surface area (Å²) in [6, 6.07) is 5.82. The maximum absolute atomic E-state index is 12.8. The van der Waals surface area contributed by atoms with Crippen LogP contribution in [0.15, 0.2) is 35.1 Å². The van der Waals surface area contributed by atoms with Gasteiger partial charge in [-0.2, -0.15) is 4.52 Å².